The first-order valence-corrected chi connectivity index (χ1v) is 13.6. The van der Waals surface area contributed by atoms with Gasteiger partial charge in [-0.05, 0) is 43.0 Å². The van der Waals surface area contributed by atoms with E-state index in [0.29, 0.717) is 23.7 Å². The third kappa shape index (κ3) is 4.91. The number of methoxy groups -OCH3 is 1. The number of aromatic nitrogens is 2. The largest absolute Gasteiger partial charge is 0.496 e. The van der Waals surface area contributed by atoms with E-state index >= 15 is 0 Å². The molecular weight excluding hydrogens is 496 g/mol. The highest BCUT2D eigenvalue weighted by Gasteiger charge is 2.48. The fourth-order valence-corrected chi connectivity index (χ4v) is 5.18. The van der Waals surface area contributed by atoms with Crippen molar-refractivity contribution in [2.45, 2.75) is 37.0 Å². The van der Waals surface area contributed by atoms with Crippen LogP contribution in [0.2, 0.25) is 0 Å². The van der Waals surface area contributed by atoms with Gasteiger partial charge in [0, 0.05) is 29.1 Å². The fraction of sp³-hybridized carbons (Fsp3) is 0.233. The summed E-state index contributed by atoms with van der Waals surface area (Å²) in [6.45, 7) is 2.63. The molecule has 0 saturated carbocycles. The van der Waals surface area contributed by atoms with Gasteiger partial charge < -0.3 is 15.0 Å². The normalized spacial score (nSPS) is 16.7. The fourth-order valence-electron chi connectivity index (χ4n) is 4.77. The molecule has 0 saturated heterocycles. The Balaban J connectivity index is 1.48. The summed E-state index contributed by atoms with van der Waals surface area (Å²) >= 11 is 1.66. The van der Waals surface area contributed by atoms with E-state index in [0.717, 1.165) is 21.6 Å². The number of ether oxygens (including phenoxy) is 1. The average Bonchev–Trinajstić information content (AvgIpc) is 3.39. The number of carbonyl (C=O) groups excluding carboxylic acids is 2. The predicted molar refractivity (Wildman–Crippen MR) is 149 cm³/mol. The number of rotatable bonds is 8. The monoisotopic (exact) mass is 526 g/mol. The molecule has 1 N–H and O–H groups in total. The Morgan fingerprint density at radius 2 is 1.76 bits per heavy atom. The maximum atomic E-state index is 13.9. The number of thioether (sulfide) groups is 1. The van der Waals surface area contributed by atoms with Gasteiger partial charge in [0.25, 0.3) is 5.91 Å². The number of benzene rings is 3. The summed E-state index contributed by atoms with van der Waals surface area (Å²) in [5.41, 5.74) is 2.75. The number of nitrogens with zero attached hydrogens (tertiary/aromatic N) is 3. The molecule has 0 bridgehead atoms. The minimum absolute atomic E-state index is 0.227. The Bertz CT molecular complexity index is 1450. The molecule has 3 aromatic carbocycles. The van der Waals surface area contributed by atoms with Gasteiger partial charge in [-0.3, -0.25) is 14.3 Å². The molecule has 5 rings (SSSR count). The summed E-state index contributed by atoms with van der Waals surface area (Å²) in [4.78, 5) is 30.6. The lowest BCUT2D eigenvalue weighted by atomic mass is 9.94. The van der Waals surface area contributed by atoms with Crippen LogP contribution in [0, 0.1) is 0 Å². The molecule has 1 aliphatic rings. The lowest BCUT2D eigenvalue weighted by molar-refractivity contribution is -0.133. The second-order valence-electron chi connectivity index (χ2n) is 9.45. The standard InChI is InChI=1S/C30H30N4O3S/c1-30(29(36)31-18-23-11-7-8-12-27(23)37-2)20-34-26(17-25(32-34)22-9-5-4-6-10-22)28(35)33(30)19-21-13-15-24(38-3)16-14-21/h4-17H,18-20H2,1-3H3,(H,31,36)/t30-/m0/s1. The van der Waals surface area contributed by atoms with E-state index in [9.17, 15) is 9.59 Å². The van der Waals surface area contributed by atoms with Gasteiger partial charge in [0.15, 0.2) is 0 Å². The van der Waals surface area contributed by atoms with Crippen molar-refractivity contribution in [3.8, 4) is 17.0 Å². The molecule has 8 heteroatoms. The first-order chi connectivity index (χ1) is 18.4. The molecular formula is C30H30N4O3S. The smallest absolute Gasteiger partial charge is 0.273 e. The molecule has 4 aromatic rings. The van der Waals surface area contributed by atoms with E-state index in [2.05, 4.69) is 5.32 Å². The molecule has 7 nitrogen and oxygen atoms in total. The van der Waals surface area contributed by atoms with E-state index < -0.39 is 5.54 Å². The first kappa shape index (κ1) is 25.6. The van der Waals surface area contributed by atoms with Gasteiger partial charge in [-0.25, -0.2) is 0 Å². The van der Waals surface area contributed by atoms with Crippen molar-refractivity contribution in [1.29, 1.82) is 0 Å². The quantitative estimate of drug-likeness (QED) is 0.327. The Kier molecular flexibility index (Phi) is 7.24. The minimum atomic E-state index is -1.16. The molecule has 194 valence electrons. The Hall–Kier alpha value is -4.04. The third-order valence-corrected chi connectivity index (χ3v) is 7.73. The van der Waals surface area contributed by atoms with Crippen LogP contribution < -0.4 is 10.1 Å². The summed E-state index contributed by atoms with van der Waals surface area (Å²) in [5.74, 6) is 0.222. The molecule has 0 radical (unpaired) electrons. The highest BCUT2D eigenvalue weighted by atomic mass is 32.2. The van der Waals surface area contributed by atoms with E-state index in [1.807, 2.05) is 98.1 Å². The van der Waals surface area contributed by atoms with Crippen LogP contribution in [0.5, 0.6) is 5.75 Å². The van der Waals surface area contributed by atoms with Crippen LogP contribution in [0.1, 0.15) is 28.5 Å². The highest BCUT2D eigenvalue weighted by Crippen LogP contribution is 2.32. The molecule has 1 aliphatic heterocycles. The highest BCUT2D eigenvalue weighted by molar-refractivity contribution is 7.98. The molecule has 1 aromatic heterocycles. The number of fused-ring (bicyclic) bond motifs is 1. The summed E-state index contributed by atoms with van der Waals surface area (Å²) < 4.78 is 7.11. The van der Waals surface area contributed by atoms with Crippen LogP contribution in [0.4, 0.5) is 0 Å². The van der Waals surface area contributed by atoms with E-state index in [1.54, 1.807) is 28.5 Å². The number of hydrogen-bond acceptors (Lipinski definition) is 5. The van der Waals surface area contributed by atoms with Crippen molar-refractivity contribution >= 4 is 23.6 Å². The van der Waals surface area contributed by atoms with Crippen molar-refractivity contribution in [2.75, 3.05) is 13.4 Å². The maximum Gasteiger partial charge on any atom is 0.273 e. The molecule has 38 heavy (non-hydrogen) atoms. The predicted octanol–water partition coefficient (Wildman–Crippen LogP) is 5.01. The van der Waals surface area contributed by atoms with Gasteiger partial charge >= 0.3 is 0 Å². The van der Waals surface area contributed by atoms with Crippen molar-refractivity contribution in [2.24, 2.45) is 0 Å². The van der Waals surface area contributed by atoms with Gasteiger partial charge in [-0.1, -0.05) is 60.7 Å². The van der Waals surface area contributed by atoms with Crippen LogP contribution in [-0.2, 0) is 24.4 Å². The van der Waals surface area contributed by atoms with Gasteiger partial charge in [0.2, 0.25) is 5.91 Å². The van der Waals surface area contributed by atoms with Crippen LogP contribution in [0.25, 0.3) is 11.3 Å². The Morgan fingerprint density at radius 1 is 1.05 bits per heavy atom. The summed E-state index contributed by atoms with van der Waals surface area (Å²) in [6, 6.07) is 27.2. The molecule has 1 atom stereocenters. The Labute approximate surface area is 226 Å². The topological polar surface area (TPSA) is 76.5 Å². The molecule has 2 amide bonds. The molecule has 0 unspecified atom stereocenters. The van der Waals surface area contributed by atoms with Gasteiger partial charge in [-0.15, -0.1) is 11.8 Å². The number of para-hydroxylation sites is 1. The maximum absolute atomic E-state index is 13.9. The van der Waals surface area contributed by atoms with E-state index in [4.69, 9.17) is 9.84 Å². The average molecular weight is 527 g/mol. The van der Waals surface area contributed by atoms with Crippen molar-refractivity contribution < 1.29 is 14.3 Å². The zero-order chi connectivity index (χ0) is 26.7. The summed E-state index contributed by atoms with van der Waals surface area (Å²) in [6.07, 6.45) is 2.03. The van der Waals surface area contributed by atoms with Crippen LogP contribution in [0.15, 0.2) is 89.8 Å². The van der Waals surface area contributed by atoms with Crippen molar-refractivity contribution in [1.82, 2.24) is 20.0 Å². The lowest BCUT2D eigenvalue weighted by Crippen LogP contribution is -2.63. The Morgan fingerprint density at radius 3 is 2.47 bits per heavy atom. The second-order valence-corrected chi connectivity index (χ2v) is 10.3. The molecule has 0 aliphatic carbocycles. The number of amides is 2. The zero-order valence-corrected chi connectivity index (χ0v) is 22.5. The van der Waals surface area contributed by atoms with Crippen LogP contribution >= 0.6 is 11.8 Å². The second kappa shape index (κ2) is 10.8. The molecule has 0 spiro atoms. The van der Waals surface area contributed by atoms with Crippen molar-refractivity contribution in [3.05, 3.63) is 102 Å². The lowest BCUT2D eigenvalue weighted by Gasteiger charge is -2.43. The first-order valence-electron chi connectivity index (χ1n) is 12.4. The summed E-state index contributed by atoms with van der Waals surface area (Å²) in [5, 5.41) is 7.78. The van der Waals surface area contributed by atoms with Gasteiger partial charge in [0.05, 0.1) is 19.3 Å². The number of carbonyl (C=O) groups is 2. The third-order valence-electron chi connectivity index (χ3n) is 6.99. The minimum Gasteiger partial charge on any atom is -0.496 e. The van der Waals surface area contributed by atoms with Gasteiger partial charge in [0.1, 0.15) is 17.0 Å². The SMILES string of the molecule is COc1ccccc1CNC(=O)[C@]1(C)Cn2nc(-c3ccccc3)cc2C(=O)N1Cc1ccc(SC)cc1. The van der Waals surface area contributed by atoms with Gasteiger partial charge in [-0.2, -0.15) is 5.10 Å². The number of hydrogen-bond donors (Lipinski definition) is 1. The summed E-state index contributed by atoms with van der Waals surface area (Å²) in [7, 11) is 1.61. The molecule has 2 heterocycles. The van der Waals surface area contributed by atoms with Crippen LogP contribution in [-0.4, -0.2) is 45.4 Å². The zero-order valence-electron chi connectivity index (χ0n) is 21.7. The molecule has 0 fully saturated rings. The van der Waals surface area contributed by atoms with E-state index in [1.165, 1.54) is 0 Å². The van der Waals surface area contributed by atoms with E-state index in [-0.39, 0.29) is 24.9 Å². The van der Waals surface area contributed by atoms with Crippen molar-refractivity contribution in [3.63, 3.8) is 0 Å². The van der Waals surface area contributed by atoms with Crippen LogP contribution in [0.3, 0.4) is 0 Å². The number of nitrogens with one attached hydrogen (secondary N) is 1.